The van der Waals surface area contributed by atoms with E-state index in [1.54, 1.807) is 48.5 Å². The van der Waals surface area contributed by atoms with Crippen LogP contribution in [0.4, 0.5) is 17.1 Å². The first kappa shape index (κ1) is 27.9. The van der Waals surface area contributed by atoms with Crippen molar-refractivity contribution in [3.8, 4) is 17.2 Å². The van der Waals surface area contributed by atoms with Gasteiger partial charge in [-0.3, -0.25) is 24.5 Å². The summed E-state index contributed by atoms with van der Waals surface area (Å²) in [7, 11) is 1.38. The van der Waals surface area contributed by atoms with E-state index in [-0.39, 0.29) is 36.5 Å². The molecule has 11 nitrogen and oxygen atoms in total. The number of halogens is 1. The monoisotopic (exact) mass is 541 g/mol. The summed E-state index contributed by atoms with van der Waals surface area (Å²) in [6.07, 6.45) is 0.154. The molecule has 3 aromatic carbocycles. The molecule has 3 rings (SSSR count). The fourth-order valence-corrected chi connectivity index (χ4v) is 3.36. The van der Waals surface area contributed by atoms with E-state index in [1.165, 1.54) is 25.3 Å². The van der Waals surface area contributed by atoms with Crippen molar-refractivity contribution >= 4 is 46.4 Å². The van der Waals surface area contributed by atoms with E-state index in [0.29, 0.717) is 28.0 Å². The van der Waals surface area contributed by atoms with Crippen molar-refractivity contribution in [1.82, 2.24) is 0 Å². The number of benzene rings is 3. The van der Waals surface area contributed by atoms with E-state index in [1.807, 2.05) is 0 Å². The smallest absolute Gasteiger partial charge is 0.306 e. The molecule has 0 aliphatic carbocycles. The summed E-state index contributed by atoms with van der Waals surface area (Å²) in [5, 5.41) is 16.7. The van der Waals surface area contributed by atoms with Crippen molar-refractivity contribution in [3.63, 3.8) is 0 Å². The number of methoxy groups -OCH3 is 1. The Labute approximate surface area is 222 Å². The molecule has 38 heavy (non-hydrogen) atoms. The minimum absolute atomic E-state index is 0.0508. The summed E-state index contributed by atoms with van der Waals surface area (Å²) in [5.74, 6) is -0.382. The number of nitro groups is 1. The van der Waals surface area contributed by atoms with E-state index in [2.05, 4.69) is 10.6 Å². The molecule has 0 radical (unpaired) electrons. The van der Waals surface area contributed by atoms with Gasteiger partial charge in [-0.1, -0.05) is 23.7 Å². The molecule has 3 aromatic rings. The van der Waals surface area contributed by atoms with Crippen LogP contribution in [0.25, 0.3) is 0 Å². The first-order valence-corrected chi connectivity index (χ1v) is 11.7. The number of anilines is 2. The largest absolute Gasteiger partial charge is 0.497 e. The van der Waals surface area contributed by atoms with Crippen LogP contribution >= 0.6 is 11.6 Å². The SMILES string of the molecule is COc1ccc([N+](=O)[O-])c(NC(=O)COC(=O)CCCC(=O)Nc2ccc(Oc3ccccc3Cl)cc2)c1. The average Bonchev–Trinajstić information content (AvgIpc) is 2.89. The summed E-state index contributed by atoms with van der Waals surface area (Å²) in [4.78, 5) is 46.7. The highest BCUT2D eigenvalue weighted by Crippen LogP contribution is 2.30. The van der Waals surface area contributed by atoms with E-state index in [4.69, 9.17) is 25.8 Å². The quantitative estimate of drug-likeness (QED) is 0.177. The van der Waals surface area contributed by atoms with Crippen molar-refractivity contribution < 1.29 is 33.5 Å². The van der Waals surface area contributed by atoms with Crippen molar-refractivity contribution in [2.75, 3.05) is 24.4 Å². The highest BCUT2D eigenvalue weighted by molar-refractivity contribution is 6.32. The molecule has 0 unspecified atom stereocenters. The van der Waals surface area contributed by atoms with Crippen LogP contribution in [0.15, 0.2) is 66.7 Å². The van der Waals surface area contributed by atoms with Crippen LogP contribution in [-0.4, -0.2) is 36.4 Å². The summed E-state index contributed by atoms with van der Waals surface area (Å²) in [6.45, 7) is -0.637. The standard InChI is InChI=1S/C26H24ClN3O8/c1-36-19-13-14-22(30(34)35)21(15-19)29-25(32)16-37-26(33)8-4-7-24(31)28-17-9-11-18(12-10-17)38-23-6-3-2-5-20(23)27/h2-3,5-6,9-15H,4,7-8,16H2,1H3,(H,28,31)(H,29,32). The number of hydrogen-bond acceptors (Lipinski definition) is 8. The molecular weight excluding hydrogens is 518 g/mol. The molecular formula is C26H24ClN3O8. The lowest BCUT2D eigenvalue weighted by atomic mass is 10.2. The number of hydrogen-bond donors (Lipinski definition) is 2. The lowest BCUT2D eigenvalue weighted by Crippen LogP contribution is -2.21. The molecule has 2 N–H and O–H groups in total. The second kappa shape index (κ2) is 13.6. The number of nitro benzene ring substituents is 1. The Balaban J connectivity index is 1.37. The van der Waals surface area contributed by atoms with E-state index < -0.39 is 23.4 Å². The molecule has 0 saturated carbocycles. The number of nitrogens with zero attached hydrogens (tertiary/aromatic N) is 1. The molecule has 2 amide bonds. The van der Waals surface area contributed by atoms with Crippen LogP contribution in [0, 0.1) is 10.1 Å². The van der Waals surface area contributed by atoms with Gasteiger partial charge in [0.25, 0.3) is 11.6 Å². The van der Waals surface area contributed by atoms with Gasteiger partial charge < -0.3 is 24.8 Å². The Bertz CT molecular complexity index is 1310. The highest BCUT2D eigenvalue weighted by Gasteiger charge is 2.18. The van der Waals surface area contributed by atoms with Crippen molar-refractivity contribution in [2.45, 2.75) is 19.3 Å². The Morgan fingerprint density at radius 2 is 1.63 bits per heavy atom. The van der Waals surface area contributed by atoms with Gasteiger partial charge in [0.15, 0.2) is 6.61 Å². The molecule has 0 spiro atoms. The number of esters is 1. The van der Waals surface area contributed by atoms with E-state index in [0.717, 1.165) is 0 Å². The number of nitrogens with one attached hydrogen (secondary N) is 2. The third kappa shape index (κ3) is 8.49. The van der Waals surface area contributed by atoms with Crippen molar-refractivity contribution in [2.24, 2.45) is 0 Å². The lowest BCUT2D eigenvalue weighted by Gasteiger charge is -2.09. The first-order chi connectivity index (χ1) is 18.2. The average molecular weight is 542 g/mol. The van der Waals surface area contributed by atoms with Gasteiger partial charge in [-0.2, -0.15) is 0 Å². The Morgan fingerprint density at radius 1 is 0.921 bits per heavy atom. The second-order valence-electron chi connectivity index (χ2n) is 7.81. The third-order valence-corrected chi connectivity index (χ3v) is 5.34. The summed E-state index contributed by atoms with van der Waals surface area (Å²) < 4.78 is 15.6. The van der Waals surface area contributed by atoms with Crippen LogP contribution in [-0.2, 0) is 19.1 Å². The summed E-state index contributed by atoms with van der Waals surface area (Å²) in [6, 6.07) is 17.6. The maximum atomic E-state index is 12.2. The maximum absolute atomic E-state index is 12.2. The zero-order valence-corrected chi connectivity index (χ0v) is 21.0. The topological polar surface area (TPSA) is 146 Å². The van der Waals surface area contributed by atoms with Crippen LogP contribution in [0.2, 0.25) is 5.02 Å². The minimum Gasteiger partial charge on any atom is -0.497 e. The van der Waals surface area contributed by atoms with Gasteiger partial charge in [0.2, 0.25) is 5.91 Å². The predicted octanol–water partition coefficient (Wildman–Crippen LogP) is 5.34. The van der Waals surface area contributed by atoms with Crippen molar-refractivity contribution in [1.29, 1.82) is 0 Å². The Morgan fingerprint density at radius 3 is 2.32 bits per heavy atom. The van der Waals surface area contributed by atoms with Gasteiger partial charge in [0.1, 0.15) is 22.9 Å². The van der Waals surface area contributed by atoms with Gasteiger partial charge in [-0.05, 0) is 48.9 Å². The lowest BCUT2D eigenvalue weighted by molar-refractivity contribution is -0.383. The molecule has 0 aliphatic rings. The third-order valence-electron chi connectivity index (χ3n) is 5.03. The first-order valence-electron chi connectivity index (χ1n) is 11.4. The van der Waals surface area contributed by atoms with Crippen LogP contribution < -0.4 is 20.1 Å². The van der Waals surface area contributed by atoms with Crippen LogP contribution in [0.5, 0.6) is 17.2 Å². The number of carbonyl (C=O) groups is 3. The Hall–Kier alpha value is -4.64. The molecule has 12 heteroatoms. The van der Waals surface area contributed by atoms with Gasteiger partial charge in [0.05, 0.1) is 17.1 Å². The van der Waals surface area contributed by atoms with Crippen LogP contribution in [0.1, 0.15) is 19.3 Å². The molecule has 0 atom stereocenters. The number of para-hydroxylation sites is 1. The molecule has 0 aliphatic heterocycles. The molecule has 0 bridgehead atoms. The van der Waals surface area contributed by atoms with E-state index >= 15 is 0 Å². The Kier molecular flexibility index (Phi) is 10.0. The fourth-order valence-electron chi connectivity index (χ4n) is 3.18. The number of ether oxygens (including phenoxy) is 3. The molecule has 0 heterocycles. The van der Waals surface area contributed by atoms with Gasteiger partial charge >= 0.3 is 5.97 Å². The number of amides is 2. The maximum Gasteiger partial charge on any atom is 0.306 e. The van der Waals surface area contributed by atoms with Gasteiger partial charge in [-0.25, -0.2) is 0 Å². The number of rotatable bonds is 12. The fraction of sp³-hybridized carbons (Fsp3) is 0.192. The molecule has 0 aromatic heterocycles. The predicted molar refractivity (Wildman–Crippen MR) is 140 cm³/mol. The van der Waals surface area contributed by atoms with Crippen molar-refractivity contribution in [3.05, 3.63) is 81.9 Å². The van der Waals surface area contributed by atoms with Gasteiger partial charge in [0, 0.05) is 30.7 Å². The summed E-state index contributed by atoms with van der Waals surface area (Å²) in [5.41, 5.74) is 0.127. The zero-order valence-electron chi connectivity index (χ0n) is 20.3. The second-order valence-corrected chi connectivity index (χ2v) is 8.21. The molecule has 198 valence electrons. The normalized spacial score (nSPS) is 10.3. The van der Waals surface area contributed by atoms with Crippen LogP contribution in [0.3, 0.4) is 0 Å². The molecule has 0 saturated heterocycles. The minimum atomic E-state index is -0.755. The zero-order chi connectivity index (χ0) is 27.5. The number of carbonyl (C=O) groups excluding carboxylic acids is 3. The van der Waals surface area contributed by atoms with Gasteiger partial charge in [-0.15, -0.1) is 0 Å². The van der Waals surface area contributed by atoms with E-state index in [9.17, 15) is 24.5 Å². The summed E-state index contributed by atoms with van der Waals surface area (Å²) >= 11 is 6.08. The highest BCUT2D eigenvalue weighted by atomic mass is 35.5. The molecule has 0 fully saturated rings.